The smallest absolute Gasteiger partial charge is 0.416 e. The van der Waals surface area contributed by atoms with Crippen molar-refractivity contribution in [3.05, 3.63) is 57.0 Å². The lowest BCUT2D eigenvalue weighted by molar-refractivity contribution is -0.137. The lowest BCUT2D eigenvalue weighted by atomic mass is 10.2. The normalized spacial score (nSPS) is 12.0. The van der Waals surface area contributed by atoms with Crippen molar-refractivity contribution in [3.63, 3.8) is 0 Å². The number of aliphatic imine (C=N–C) groups is 1. The highest BCUT2D eigenvalue weighted by molar-refractivity contribution is 7.11. The minimum Gasteiger partial charge on any atom is -0.493 e. The predicted molar refractivity (Wildman–Crippen MR) is 79.1 cm³/mol. The topological polar surface area (TPSA) is 54.6 Å². The molecule has 0 radical (unpaired) electrons. The van der Waals surface area contributed by atoms with Gasteiger partial charge in [-0.05, 0) is 18.2 Å². The Bertz CT molecular complexity index is 775. The first-order valence-electron chi connectivity index (χ1n) is 6.07. The fraction of sp³-hybridized carbons (Fsp3) is 0.143. The van der Waals surface area contributed by atoms with Crippen LogP contribution in [0.3, 0.4) is 0 Å². The second-order valence-corrected chi connectivity index (χ2v) is 5.25. The van der Waals surface area contributed by atoms with Gasteiger partial charge in [0.2, 0.25) is 5.88 Å². The van der Waals surface area contributed by atoms with Crippen LogP contribution in [0, 0.1) is 0 Å². The van der Waals surface area contributed by atoms with E-state index >= 15 is 0 Å². The quantitative estimate of drug-likeness (QED) is 0.689. The number of aromatic nitrogens is 1. The molecule has 0 aliphatic carbocycles. The monoisotopic (exact) mass is 328 g/mol. The molecule has 0 aliphatic heterocycles. The summed E-state index contributed by atoms with van der Waals surface area (Å²) >= 11 is 0.748. The van der Waals surface area contributed by atoms with Crippen molar-refractivity contribution in [2.45, 2.75) is 12.7 Å². The number of halogens is 3. The second kappa shape index (κ2) is 6.18. The molecule has 1 heterocycles. The molecule has 116 valence electrons. The molecule has 1 aromatic carbocycles. The molecule has 0 unspecified atom stereocenters. The van der Waals surface area contributed by atoms with E-state index in [1.54, 1.807) is 0 Å². The SMILES string of the molecule is C=CCn1c(O)c(C=Nc2cccc(C(F)(F)F)c2)sc1=O. The average Bonchev–Trinajstić information content (AvgIpc) is 2.72. The first-order valence-corrected chi connectivity index (χ1v) is 6.89. The Balaban J connectivity index is 2.32. The number of benzene rings is 1. The van der Waals surface area contributed by atoms with E-state index in [4.69, 9.17) is 0 Å². The first kappa shape index (κ1) is 16.0. The fourth-order valence-corrected chi connectivity index (χ4v) is 2.45. The highest BCUT2D eigenvalue weighted by atomic mass is 32.1. The van der Waals surface area contributed by atoms with Gasteiger partial charge in [0.25, 0.3) is 0 Å². The van der Waals surface area contributed by atoms with Gasteiger partial charge in [-0.1, -0.05) is 23.5 Å². The molecule has 4 nitrogen and oxygen atoms in total. The summed E-state index contributed by atoms with van der Waals surface area (Å²) in [4.78, 5) is 15.3. The van der Waals surface area contributed by atoms with Gasteiger partial charge >= 0.3 is 11.0 Å². The van der Waals surface area contributed by atoms with Crippen LogP contribution in [-0.4, -0.2) is 15.9 Å². The molecular weight excluding hydrogens is 317 g/mol. The maximum atomic E-state index is 12.6. The number of allylic oxidation sites excluding steroid dienone is 1. The van der Waals surface area contributed by atoms with Crippen molar-refractivity contribution < 1.29 is 18.3 Å². The minimum atomic E-state index is -4.45. The average molecular weight is 328 g/mol. The molecule has 8 heteroatoms. The summed E-state index contributed by atoms with van der Waals surface area (Å²) in [7, 11) is 0. The molecule has 1 N–H and O–H groups in total. The molecule has 22 heavy (non-hydrogen) atoms. The van der Waals surface area contributed by atoms with Gasteiger partial charge in [0.15, 0.2) is 0 Å². The number of nitrogens with zero attached hydrogens (tertiary/aromatic N) is 2. The Morgan fingerprint density at radius 2 is 2.14 bits per heavy atom. The minimum absolute atomic E-state index is 0.0744. The molecule has 0 spiro atoms. The molecule has 2 rings (SSSR count). The lowest BCUT2D eigenvalue weighted by Gasteiger charge is -2.06. The maximum absolute atomic E-state index is 12.6. The van der Waals surface area contributed by atoms with E-state index < -0.39 is 16.6 Å². The fourth-order valence-electron chi connectivity index (χ4n) is 1.68. The third-order valence-electron chi connectivity index (χ3n) is 2.71. The molecule has 2 aromatic rings. The summed E-state index contributed by atoms with van der Waals surface area (Å²) in [5.74, 6) is -0.286. The Labute approximate surface area is 127 Å². The van der Waals surface area contributed by atoms with Gasteiger partial charge in [-0.3, -0.25) is 14.4 Å². The largest absolute Gasteiger partial charge is 0.493 e. The molecule has 0 amide bonds. The zero-order valence-electron chi connectivity index (χ0n) is 11.2. The van der Waals surface area contributed by atoms with Crippen molar-refractivity contribution in [1.29, 1.82) is 0 Å². The number of hydrogen-bond donors (Lipinski definition) is 1. The van der Waals surface area contributed by atoms with Gasteiger partial charge < -0.3 is 5.11 Å². The molecule has 0 saturated heterocycles. The van der Waals surface area contributed by atoms with E-state index in [-0.39, 0.29) is 23.0 Å². The predicted octanol–water partition coefficient (Wildman–Crippen LogP) is 3.57. The van der Waals surface area contributed by atoms with Gasteiger partial charge in [0, 0.05) is 6.54 Å². The zero-order valence-corrected chi connectivity index (χ0v) is 12.0. The highest BCUT2D eigenvalue weighted by Gasteiger charge is 2.30. The standard InChI is InChI=1S/C14H11F3N2O2S/c1-2-6-19-12(20)11(22-13(19)21)8-18-10-5-3-4-9(7-10)14(15,16)17/h2-5,7-8,20H,1,6H2. The molecule has 0 atom stereocenters. The van der Waals surface area contributed by atoms with Crippen LogP contribution in [0.2, 0.25) is 0 Å². The molecule has 0 saturated carbocycles. The van der Waals surface area contributed by atoms with Crippen LogP contribution in [0.15, 0.2) is 46.7 Å². The van der Waals surface area contributed by atoms with Crippen LogP contribution in [0.4, 0.5) is 18.9 Å². The summed E-state index contributed by atoms with van der Waals surface area (Å²) in [5.41, 5.74) is -0.742. The van der Waals surface area contributed by atoms with E-state index in [1.807, 2.05) is 0 Å². The van der Waals surface area contributed by atoms with Crippen molar-refractivity contribution >= 4 is 23.2 Å². The molecular formula is C14H11F3N2O2S. The van der Waals surface area contributed by atoms with Crippen molar-refractivity contribution in [3.8, 4) is 5.88 Å². The van der Waals surface area contributed by atoms with Gasteiger partial charge in [-0.15, -0.1) is 6.58 Å². The van der Waals surface area contributed by atoms with Crippen LogP contribution in [0.5, 0.6) is 5.88 Å². The maximum Gasteiger partial charge on any atom is 0.416 e. The highest BCUT2D eigenvalue weighted by Crippen LogP contribution is 2.31. The summed E-state index contributed by atoms with van der Waals surface area (Å²) in [6.45, 7) is 3.60. The Morgan fingerprint density at radius 1 is 1.41 bits per heavy atom. The van der Waals surface area contributed by atoms with E-state index in [9.17, 15) is 23.1 Å². The van der Waals surface area contributed by atoms with Gasteiger partial charge in [-0.25, -0.2) is 0 Å². The number of hydrogen-bond acceptors (Lipinski definition) is 4. The van der Waals surface area contributed by atoms with Crippen molar-refractivity contribution in [2.24, 2.45) is 4.99 Å². The van der Waals surface area contributed by atoms with E-state index in [1.165, 1.54) is 18.2 Å². The van der Waals surface area contributed by atoms with Crippen LogP contribution in [0.25, 0.3) is 0 Å². The first-order chi connectivity index (χ1) is 10.3. The van der Waals surface area contributed by atoms with Gasteiger partial charge in [0.1, 0.15) is 4.88 Å². The Hall–Kier alpha value is -2.35. The number of thiazole rings is 1. The molecule has 0 fully saturated rings. The van der Waals surface area contributed by atoms with E-state index in [0.717, 1.165) is 34.3 Å². The van der Waals surface area contributed by atoms with E-state index in [0.29, 0.717) is 0 Å². The van der Waals surface area contributed by atoms with E-state index in [2.05, 4.69) is 11.6 Å². The van der Waals surface area contributed by atoms with Crippen LogP contribution in [-0.2, 0) is 12.7 Å². The number of aromatic hydroxyl groups is 1. The van der Waals surface area contributed by atoms with Crippen LogP contribution >= 0.6 is 11.3 Å². The number of rotatable bonds is 4. The van der Waals surface area contributed by atoms with Crippen molar-refractivity contribution in [2.75, 3.05) is 0 Å². The molecule has 1 aromatic heterocycles. The van der Waals surface area contributed by atoms with Gasteiger partial charge in [0.05, 0.1) is 17.5 Å². The Morgan fingerprint density at radius 3 is 2.77 bits per heavy atom. The summed E-state index contributed by atoms with van der Waals surface area (Å²) in [6.07, 6.45) is -1.84. The van der Waals surface area contributed by atoms with Crippen LogP contribution in [0.1, 0.15) is 10.4 Å². The number of alkyl halides is 3. The third-order valence-corrected chi connectivity index (χ3v) is 3.61. The lowest BCUT2D eigenvalue weighted by Crippen LogP contribution is -2.10. The summed E-state index contributed by atoms with van der Waals surface area (Å²) in [6, 6.07) is 4.46. The molecule has 0 bridgehead atoms. The third kappa shape index (κ3) is 3.45. The van der Waals surface area contributed by atoms with Crippen LogP contribution < -0.4 is 4.87 Å². The summed E-state index contributed by atoms with van der Waals surface area (Å²) in [5, 5.41) is 9.86. The zero-order chi connectivity index (χ0) is 16.3. The summed E-state index contributed by atoms with van der Waals surface area (Å²) < 4.78 is 38.9. The Kier molecular flexibility index (Phi) is 4.51. The van der Waals surface area contributed by atoms with Crippen molar-refractivity contribution in [1.82, 2.24) is 4.57 Å². The molecule has 0 aliphatic rings. The second-order valence-electron chi connectivity index (χ2n) is 4.26. The van der Waals surface area contributed by atoms with Gasteiger partial charge in [-0.2, -0.15) is 13.2 Å².